The number of ether oxygens (including phenoxy) is 2. The average molecular weight is 403 g/mol. The van der Waals surface area contributed by atoms with Crippen LogP contribution in [0.2, 0.25) is 5.02 Å². The maximum Gasteiger partial charge on any atom is 0.586 e. The molecule has 4 rings (SSSR count). The molecule has 1 aliphatic heterocycles. The summed E-state index contributed by atoms with van der Waals surface area (Å²) in [6, 6.07) is 12.6. The molecule has 1 aromatic heterocycles. The summed E-state index contributed by atoms with van der Waals surface area (Å²) in [5.41, 5.74) is 4.88. The summed E-state index contributed by atoms with van der Waals surface area (Å²) in [4.78, 5) is 4.40. The number of pyridine rings is 1. The van der Waals surface area contributed by atoms with Crippen molar-refractivity contribution in [3.63, 3.8) is 0 Å². The molecule has 144 valence electrons. The molecule has 1 aliphatic rings. The molecule has 28 heavy (non-hydrogen) atoms. The van der Waals surface area contributed by atoms with Crippen LogP contribution in [0.3, 0.4) is 0 Å². The Bertz CT molecular complexity index is 1020. The molecule has 0 atom stereocenters. The highest BCUT2D eigenvalue weighted by Gasteiger charge is 2.43. The second-order valence-electron chi connectivity index (χ2n) is 6.60. The summed E-state index contributed by atoms with van der Waals surface area (Å²) in [6.45, 7) is 4.81. The molecule has 2 aromatic carbocycles. The first-order valence-corrected chi connectivity index (χ1v) is 9.05. The van der Waals surface area contributed by atoms with Crippen LogP contribution in [0.4, 0.5) is 14.6 Å². The Labute approximate surface area is 166 Å². The van der Waals surface area contributed by atoms with E-state index in [1.165, 1.54) is 28.8 Å². The predicted molar refractivity (Wildman–Crippen MR) is 104 cm³/mol. The van der Waals surface area contributed by atoms with E-state index in [1.54, 1.807) is 6.20 Å². The van der Waals surface area contributed by atoms with Gasteiger partial charge in [0.1, 0.15) is 5.82 Å². The Morgan fingerprint density at radius 2 is 1.71 bits per heavy atom. The lowest BCUT2D eigenvalue weighted by Crippen LogP contribution is -2.25. The van der Waals surface area contributed by atoms with Crippen molar-refractivity contribution in [3.05, 3.63) is 70.4 Å². The van der Waals surface area contributed by atoms with Crippen molar-refractivity contribution in [1.29, 1.82) is 0 Å². The van der Waals surface area contributed by atoms with Gasteiger partial charge in [-0.2, -0.15) is 0 Å². The minimum atomic E-state index is -3.68. The van der Waals surface area contributed by atoms with Crippen molar-refractivity contribution in [2.24, 2.45) is 0 Å². The molecule has 3 aromatic rings. The van der Waals surface area contributed by atoms with Crippen molar-refractivity contribution in [1.82, 2.24) is 4.98 Å². The van der Waals surface area contributed by atoms with Gasteiger partial charge in [-0.3, -0.25) is 0 Å². The number of rotatable bonds is 4. The van der Waals surface area contributed by atoms with Gasteiger partial charge in [-0.25, -0.2) is 4.98 Å². The molecular weight excluding hydrogens is 386 g/mol. The van der Waals surface area contributed by atoms with Crippen LogP contribution in [-0.2, 0) is 6.54 Å². The predicted octanol–water partition coefficient (Wildman–Crippen LogP) is 5.95. The largest absolute Gasteiger partial charge is 0.586 e. The molecule has 0 unspecified atom stereocenters. The van der Waals surface area contributed by atoms with Crippen LogP contribution in [0.25, 0.3) is 11.1 Å². The van der Waals surface area contributed by atoms with Crippen molar-refractivity contribution in [3.8, 4) is 22.6 Å². The number of benzene rings is 2. The quantitative estimate of drug-likeness (QED) is 0.585. The van der Waals surface area contributed by atoms with E-state index in [-0.39, 0.29) is 16.5 Å². The summed E-state index contributed by atoms with van der Waals surface area (Å²) in [5.74, 6) is 0.565. The first-order valence-electron chi connectivity index (χ1n) is 8.67. The number of nitrogens with one attached hydrogen (secondary N) is 1. The van der Waals surface area contributed by atoms with E-state index in [0.29, 0.717) is 23.5 Å². The monoisotopic (exact) mass is 402 g/mol. The number of alkyl halides is 2. The third-order valence-corrected chi connectivity index (χ3v) is 4.97. The topological polar surface area (TPSA) is 43.4 Å². The number of fused-ring (bicyclic) bond motifs is 1. The number of aromatic nitrogens is 1. The molecular formula is C21H17ClF2N2O2. The van der Waals surface area contributed by atoms with Crippen LogP contribution in [0.1, 0.15) is 16.7 Å². The van der Waals surface area contributed by atoms with Gasteiger partial charge < -0.3 is 14.8 Å². The van der Waals surface area contributed by atoms with Crippen LogP contribution in [0.15, 0.2) is 48.7 Å². The normalized spacial score (nSPS) is 14.2. The number of hydrogen-bond donors (Lipinski definition) is 1. The maximum absolute atomic E-state index is 13.2. The Morgan fingerprint density at radius 1 is 1.04 bits per heavy atom. The molecule has 0 saturated carbocycles. The molecule has 0 fully saturated rings. The van der Waals surface area contributed by atoms with Crippen molar-refractivity contribution in [2.75, 3.05) is 5.32 Å². The molecule has 0 saturated heterocycles. The minimum Gasteiger partial charge on any atom is -0.395 e. The van der Waals surface area contributed by atoms with Crippen molar-refractivity contribution < 1.29 is 18.3 Å². The van der Waals surface area contributed by atoms with Gasteiger partial charge >= 0.3 is 6.29 Å². The highest BCUT2D eigenvalue weighted by Crippen LogP contribution is 2.46. The van der Waals surface area contributed by atoms with Crippen molar-refractivity contribution >= 4 is 17.4 Å². The number of nitrogens with zero attached hydrogens (tertiary/aromatic N) is 1. The molecule has 2 heterocycles. The standard InChI is InChI=1S/C21H17ClF2N2O2/c1-12-4-3-5-13(2)16(12)11-26-20-7-6-14(10-25-20)15-8-18-19(9-17(15)22)28-21(23,24)27-18/h3-10H,11H2,1-2H3,(H,25,26). The van der Waals surface area contributed by atoms with E-state index in [0.717, 1.165) is 0 Å². The summed E-state index contributed by atoms with van der Waals surface area (Å²) in [6.07, 6.45) is -2.04. The van der Waals surface area contributed by atoms with Gasteiger partial charge in [0.25, 0.3) is 0 Å². The van der Waals surface area contributed by atoms with E-state index in [1.807, 2.05) is 18.2 Å². The zero-order valence-corrected chi connectivity index (χ0v) is 16.0. The van der Waals surface area contributed by atoms with Crippen molar-refractivity contribution in [2.45, 2.75) is 26.7 Å². The molecule has 0 radical (unpaired) electrons. The lowest BCUT2D eigenvalue weighted by Gasteiger charge is -2.12. The molecule has 4 nitrogen and oxygen atoms in total. The van der Waals surface area contributed by atoms with Gasteiger partial charge in [0.15, 0.2) is 11.5 Å². The highest BCUT2D eigenvalue weighted by molar-refractivity contribution is 6.33. The SMILES string of the molecule is Cc1cccc(C)c1CNc1ccc(-c2cc3c(cc2Cl)OC(F)(F)O3)cn1. The van der Waals surface area contributed by atoms with Crippen LogP contribution in [-0.4, -0.2) is 11.3 Å². The minimum absolute atomic E-state index is 0.0540. The van der Waals surface area contributed by atoms with Gasteiger partial charge in [0.2, 0.25) is 0 Å². The second kappa shape index (κ2) is 6.95. The van der Waals surface area contributed by atoms with E-state index >= 15 is 0 Å². The van der Waals surface area contributed by atoms with E-state index in [9.17, 15) is 8.78 Å². The molecule has 0 spiro atoms. The summed E-state index contributed by atoms with van der Waals surface area (Å²) >= 11 is 6.23. The first-order chi connectivity index (χ1) is 13.3. The Balaban J connectivity index is 1.53. The highest BCUT2D eigenvalue weighted by atomic mass is 35.5. The average Bonchev–Trinajstić information content (AvgIpc) is 2.94. The smallest absolute Gasteiger partial charge is 0.395 e. The summed E-state index contributed by atoms with van der Waals surface area (Å²) in [5, 5.41) is 3.58. The van der Waals surface area contributed by atoms with Gasteiger partial charge in [-0.15, -0.1) is 8.78 Å². The lowest BCUT2D eigenvalue weighted by atomic mass is 10.0. The van der Waals surface area contributed by atoms with Gasteiger partial charge in [0.05, 0.1) is 5.02 Å². The Morgan fingerprint density at radius 3 is 2.36 bits per heavy atom. The van der Waals surface area contributed by atoms with Crippen LogP contribution < -0.4 is 14.8 Å². The van der Waals surface area contributed by atoms with E-state index in [2.05, 4.69) is 45.8 Å². The van der Waals surface area contributed by atoms with Crippen LogP contribution in [0.5, 0.6) is 11.5 Å². The number of anilines is 1. The molecule has 0 amide bonds. The fourth-order valence-electron chi connectivity index (χ4n) is 3.16. The Kier molecular flexibility index (Phi) is 4.59. The molecule has 0 bridgehead atoms. The molecule has 0 aliphatic carbocycles. The van der Waals surface area contributed by atoms with E-state index in [4.69, 9.17) is 11.6 Å². The lowest BCUT2D eigenvalue weighted by molar-refractivity contribution is -0.286. The van der Waals surface area contributed by atoms with Crippen LogP contribution in [0, 0.1) is 13.8 Å². The number of halogens is 3. The third-order valence-electron chi connectivity index (χ3n) is 4.66. The third kappa shape index (κ3) is 3.60. The number of aryl methyl sites for hydroxylation is 2. The maximum atomic E-state index is 13.2. The summed E-state index contributed by atoms with van der Waals surface area (Å²) < 4.78 is 35.4. The number of hydrogen-bond acceptors (Lipinski definition) is 4. The molecule has 7 heteroatoms. The van der Waals surface area contributed by atoms with Gasteiger partial charge in [-0.1, -0.05) is 29.8 Å². The summed E-state index contributed by atoms with van der Waals surface area (Å²) in [7, 11) is 0. The van der Waals surface area contributed by atoms with Crippen LogP contribution >= 0.6 is 11.6 Å². The van der Waals surface area contributed by atoms with E-state index < -0.39 is 6.29 Å². The molecule has 1 N–H and O–H groups in total. The zero-order valence-electron chi connectivity index (χ0n) is 15.2. The van der Waals surface area contributed by atoms with Gasteiger partial charge in [0, 0.05) is 29.9 Å². The first kappa shape index (κ1) is 18.5. The fourth-order valence-corrected chi connectivity index (χ4v) is 3.42. The zero-order chi connectivity index (χ0) is 19.9. The fraction of sp³-hybridized carbons (Fsp3) is 0.190. The Hall–Kier alpha value is -2.86. The van der Waals surface area contributed by atoms with Gasteiger partial charge in [-0.05, 0) is 48.7 Å². The second-order valence-corrected chi connectivity index (χ2v) is 7.01.